The third kappa shape index (κ3) is 4.16. The van der Waals surface area contributed by atoms with Gasteiger partial charge in [-0.15, -0.1) is 11.3 Å². The van der Waals surface area contributed by atoms with Crippen molar-refractivity contribution in [2.24, 2.45) is 0 Å². The van der Waals surface area contributed by atoms with Crippen molar-refractivity contribution in [1.82, 2.24) is 19.2 Å². The predicted octanol–water partition coefficient (Wildman–Crippen LogP) is 1.90. The van der Waals surface area contributed by atoms with E-state index in [1.165, 1.54) is 10.4 Å². The molecule has 160 valence electrons. The van der Waals surface area contributed by atoms with Crippen molar-refractivity contribution in [3.05, 3.63) is 45.2 Å². The quantitative estimate of drug-likeness (QED) is 0.527. The molecule has 1 fully saturated rings. The summed E-state index contributed by atoms with van der Waals surface area (Å²) >= 11 is 6.91. The first-order chi connectivity index (χ1) is 14.2. The van der Waals surface area contributed by atoms with Gasteiger partial charge in [0.05, 0.1) is 21.4 Å². The zero-order valence-corrected chi connectivity index (χ0v) is 18.4. The van der Waals surface area contributed by atoms with Crippen LogP contribution in [-0.2, 0) is 14.8 Å². The number of piperazine rings is 1. The van der Waals surface area contributed by atoms with E-state index in [1.54, 1.807) is 31.2 Å². The molecular weight excluding hydrogens is 450 g/mol. The maximum Gasteiger partial charge on any atom is 0.323 e. The number of thiophene rings is 1. The van der Waals surface area contributed by atoms with Gasteiger partial charge in [-0.1, -0.05) is 11.6 Å². The third-order valence-corrected chi connectivity index (χ3v) is 8.72. The molecule has 2 aromatic heterocycles. The summed E-state index contributed by atoms with van der Waals surface area (Å²) in [4.78, 5) is 31.3. The summed E-state index contributed by atoms with van der Waals surface area (Å²) < 4.78 is 27.5. The van der Waals surface area contributed by atoms with E-state index in [0.717, 1.165) is 11.3 Å². The van der Waals surface area contributed by atoms with Gasteiger partial charge in [-0.25, -0.2) is 13.2 Å². The first-order valence-corrected chi connectivity index (χ1v) is 11.9. The maximum atomic E-state index is 12.7. The Labute approximate surface area is 181 Å². The second kappa shape index (κ2) is 8.16. The van der Waals surface area contributed by atoms with Crippen molar-refractivity contribution in [3.8, 4) is 0 Å². The number of fused-ring (bicyclic) bond motifs is 1. The van der Waals surface area contributed by atoms with E-state index in [0.29, 0.717) is 47.2 Å². The highest BCUT2D eigenvalue weighted by Gasteiger charge is 2.32. The summed E-state index contributed by atoms with van der Waals surface area (Å²) in [5.74, 6) is -0.200. The second-order valence-corrected chi connectivity index (χ2v) is 10.9. The molecule has 4 rings (SSSR count). The fourth-order valence-corrected chi connectivity index (χ4v) is 6.48. The lowest BCUT2D eigenvalue weighted by atomic mass is 10.2. The number of rotatable bonds is 5. The Morgan fingerprint density at radius 3 is 2.50 bits per heavy atom. The Balaban J connectivity index is 1.37. The summed E-state index contributed by atoms with van der Waals surface area (Å²) in [5, 5.41) is 2.85. The monoisotopic (exact) mass is 469 g/mol. The van der Waals surface area contributed by atoms with E-state index in [1.807, 2.05) is 4.90 Å². The molecule has 3 N–H and O–H groups in total. The Morgan fingerprint density at radius 1 is 1.13 bits per heavy atom. The second-order valence-electron chi connectivity index (χ2n) is 7.00. The molecule has 0 aliphatic carbocycles. The number of sulfonamides is 1. The normalized spacial score (nSPS) is 17.3. The smallest absolute Gasteiger partial charge is 0.323 e. The number of nitrogens with one attached hydrogen (secondary N) is 3. The SMILES string of the molecule is C[C@H](C(=O)Nc1ccc2[nH]c(=O)[nH]c2c1)N1CCN(S(=O)(=O)c2ccc(Cl)s2)CC1. The first kappa shape index (κ1) is 21.1. The van der Waals surface area contributed by atoms with Crippen LogP contribution < -0.4 is 11.0 Å². The lowest BCUT2D eigenvalue weighted by Gasteiger charge is -2.36. The Bertz CT molecular complexity index is 1240. The number of amides is 1. The molecule has 3 heterocycles. The molecule has 12 heteroatoms. The van der Waals surface area contributed by atoms with Crippen LogP contribution >= 0.6 is 22.9 Å². The largest absolute Gasteiger partial charge is 0.325 e. The van der Waals surface area contributed by atoms with Crippen molar-refractivity contribution in [2.45, 2.75) is 17.2 Å². The van der Waals surface area contributed by atoms with Crippen molar-refractivity contribution in [1.29, 1.82) is 0 Å². The molecule has 1 atom stereocenters. The molecule has 0 spiro atoms. The van der Waals surface area contributed by atoms with Crippen LogP contribution in [0.5, 0.6) is 0 Å². The molecule has 1 aliphatic rings. The Morgan fingerprint density at radius 2 is 1.83 bits per heavy atom. The molecule has 1 saturated heterocycles. The molecule has 0 bridgehead atoms. The van der Waals surface area contributed by atoms with Crippen molar-refractivity contribution < 1.29 is 13.2 Å². The number of halogens is 1. The summed E-state index contributed by atoms with van der Waals surface area (Å²) in [6.07, 6.45) is 0. The van der Waals surface area contributed by atoms with Crippen LogP contribution in [0.1, 0.15) is 6.92 Å². The van der Waals surface area contributed by atoms with Gasteiger partial charge in [0.1, 0.15) is 4.21 Å². The molecule has 3 aromatic rings. The topological polar surface area (TPSA) is 118 Å². The summed E-state index contributed by atoms with van der Waals surface area (Å²) in [5.41, 5.74) is 1.54. The number of aromatic amines is 2. The number of aromatic nitrogens is 2. The summed E-state index contributed by atoms with van der Waals surface area (Å²) in [7, 11) is -3.57. The van der Waals surface area contributed by atoms with E-state index >= 15 is 0 Å². The number of carbonyl (C=O) groups is 1. The highest BCUT2D eigenvalue weighted by molar-refractivity contribution is 7.91. The van der Waals surface area contributed by atoms with Gasteiger partial charge in [-0.3, -0.25) is 9.69 Å². The van der Waals surface area contributed by atoms with Crippen LogP contribution in [0.4, 0.5) is 5.69 Å². The number of imidazole rings is 1. The molecule has 1 aliphatic heterocycles. The average Bonchev–Trinajstić information content (AvgIpc) is 3.32. The first-order valence-electron chi connectivity index (χ1n) is 9.26. The zero-order valence-electron chi connectivity index (χ0n) is 16.0. The van der Waals surface area contributed by atoms with Crippen LogP contribution in [0.25, 0.3) is 11.0 Å². The van der Waals surface area contributed by atoms with Crippen LogP contribution in [0, 0.1) is 0 Å². The highest BCUT2D eigenvalue weighted by Crippen LogP contribution is 2.28. The molecule has 9 nitrogen and oxygen atoms in total. The van der Waals surface area contributed by atoms with Gasteiger partial charge < -0.3 is 15.3 Å². The minimum atomic E-state index is -3.57. The fourth-order valence-electron chi connectivity index (χ4n) is 3.42. The molecular formula is C18H20ClN5O4S2. The predicted molar refractivity (Wildman–Crippen MR) is 117 cm³/mol. The van der Waals surface area contributed by atoms with E-state index in [4.69, 9.17) is 11.6 Å². The number of H-pyrrole nitrogens is 2. The van der Waals surface area contributed by atoms with Gasteiger partial charge in [0.15, 0.2) is 0 Å². The molecule has 0 radical (unpaired) electrons. The van der Waals surface area contributed by atoms with Gasteiger partial charge in [-0.2, -0.15) is 4.31 Å². The van der Waals surface area contributed by atoms with Crippen LogP contribution in [0.3, 0.4) is 0 Å². The molecule has 1 aromatic carbocycles. The Hall–Kier alpha value is -2.18. The fraction of sp³-hybridized carbons (Fsp3) is 0.333. The number of hydrogen-bond donors (Lipinski definition) is 3. The van der Waals surface area contributed by atoms with Crippen LogP contribution in [-0.4, -0.2) is 65.7 Å². The van der Waals surface area contributed by atoms with E-state index in [-0.39, 0.29) is 15.8 Å². The molecule has 0 saturated carbocycles. The molecule has 30 heavy (non-hydrogen) atoms. The summed E-state index contributed by atoms with van der Waals surface area (Å²) in [6.45, 7) is 3.27. The van der Waals surface area contributed by atoms with Gasteiger partial charge in [0.2, 0.25) is 5.91 Å². The lowest BCUT2D eigenvalue weighted by Crippen LogP contribution is -2.53. The van der Waals surface area contributed by atoms with Crippen LogP contribution in [0.15, 0.2) is 39.3 Å². The molecule has 1 amide bonds. The van der Waals surface area contributed by atoms with Gasteiger partial charge in [-0.05, 0) is 37.3 Å². The maximum absolute atomic E-state index is 12.7. The Kier molecular flexibility index (Phi) is 5.73. The zero-order chi connectivity index (χ0) is 21.5. The van der Waals surface area contributed by atoms with Gasteiger partial charge in [0, 0.05) is 31.9 Å². The van der Waals surface area contributed by atoms with E-state index in [2.05, 4.69) is 15.3 Å². The van der Waals surface area contributed by atoms with Crippen molar-refractivity contribution in [3.63, 3.8) is 0 Å². The van der Waals surface area contributed by atoms with E-state index < -0.39 is 16.1 Å². The molecule has 0 unspecified atom stereocenters. The van der Waals surface area contributed by atoms with Crippen molar-refractivity contribution >= 4 is 55.6 Å². The minimum absolute atomic E-state index is 0.200. The number of anilines is 1. The number of carbonyl (C=O) groups excluding carboxylic acids is 1. The average molecular weight is 470 g/mol. The number of nitrogens with zero attached hydrogens (tertiary/aromatic N) is 2. The van der Waals surface area contributed by atoms with Gasteiger partial charge >= 0.3 is 5.69 Å². The van der Waals surface area contributed by atoms with E-state index in [9.17, 15) is 18.0 Å². The van der Waals surface area contributed by atoms with Crippen LogP contribution in [0.2, 0.25) is 4.34 Å². The summed E-state index contributed by atoms with van der Waals surface area (Å²) in [6, 6.07) is 7.77. The highest BCUT2D eigenvalue weighted by atomic mass is 35.5. The third-order valence-electron chi connectivity index (χ3n) is 5.13. The van der Waals surface area contributed by atoms with Crippen molar-refractivity contribution in [2.75, 3.05) is 31.5 Å². The number of benzene rings is 1. The lowest BCUT2D eigenvalue weighted by molar-refractivity contribution is -0.121. The standard InChI is InChI=1S/C18H20ClN5O4S2/c1-11(17(25)20-12-2-3-13-14(10-12)22-18(26)21-13)23-6-8-24(9-7-23)30(27,28)16-5-4-15(19)29-16/h2-5,10-11H,6-9H2,1H3,(H,20,25)(H2,21,22,26)/t11-/m1/s1. The van der Waals surface area contributed by atoms with Gasteiger partial charge in [0.25, 0.3) is 10.0 Å². The number of hydrogen-bond acceptors (Lipinski definition) is 6. The minimum Gasteiger partial charge on any atom is -0.325 e.